The van der Waals surface area contributed by atoms with Crippen LogP contribution in [-0.2, 0) is 13.2 Å². The molecule has 3 aromatic rings. The lowest BCUT2D eigenvalue weighted by atomic mass is 10.2. The quantitative estimate of drug-likeness (QED) is 0.619. The van der Waals surface area contributed by atoms with Gasteiger partial charge in [-0.25, -0.2) is 4.98 Å². The Hall–Kier alpha value is -2.33. The van der Waals surface area contributed by atoms with Gasteiger partial charge in [0.15, 0.2) is 0 Å². The molecule has 1 heterocycles. The van der Waals surface area contributed by atoms with Crippen LogP contribution in [-0.4, -0.2) is 4.98 Å². The first-order valence-electron chi connectivity index (χ1n) is 7.42. The first kappa shape index (κ1) is 15.6. The molecule has 3 nitrogen and oxygen atoms in total. The van der Waals surface area contributed by atoms with E-state index in [4.69, 9.17) is 4.74 Å². The second-order valence-electron chi connectivity index (χ2n) is 5.10. The van der Waals surface area contributed by atoms with Crippen LogP contribution in [0.1, 0.15) is 11.1 Å². The Bertz CT molecular complexity index is 748. The van der Waals surface area contributed by atoms with Crippen LogP contribution in [0.5, 0.6) is 5.88 Å². The molecule has 116 valence electrons. The molecule has 0 aliphatic rings. The second kappa shape index (κ2) is 7.79. The first-order valence-corrected chi connectivity index (χ1v) is 8.21. The smallest absolute Gasteiger partial charge is 0.238 e. The summed E-state index contributed by atoms with van der Waals surface area (Å²) in [5, 5.41) is 3.38. The molecule has 0 radical (unpaired) electrons. The minimum Gasteiger partial charge on any atom is -0.471 e. The van der Waals surface area contributed by atoms with Gasteiger partial charge in [-0.05, 0) is 39.2 Å². The minimum absolute atomic E-state index is 0.490. The summed E-state index contributed by atoms with van der Waals surface area (Å²) in [7, 11) is 0. The number of ether oxygens (including phenoxy) is 1. The molecule has 2 aromatic carbocycles. The number of pyridine rings is 1. The van der Waals surface area contributed by atoms with Crippen LogP contribution < -0.4 is 10.1 Å². The van der Waals surface area contributed by atoms with Crippen LogP contribution in [0.4, 0.5) is 5.69 Å². The molecule has 0 bridgehead atoms. The second-order valence-corrected chi connectivity index (χ2v) is 5.91. The third-order valence-corrected chi connectivity index (χ3v) is 3.81. The zero-order chi connectivity index (χ0) is 15.9. The Morgan fingerprint density at radius 2 is 1.48 bits per heavy atom. The summed E-state index contributed by atoms with van der Waals surface area (Å²) >= 11 is 3.40. The average molecular weight is 369 g/mol. The molecule has 1 N–H and O–H groups in total. The van der Waals surface area contributed by atoms with Gasteiger partial charge in [0, 0.05) is 6.54 Å². The lowest BCUT2D eigenvalue weighted by Gasteiger charge is -2.13. The van der Waals surface area contributed by atoms with Crippen molar-refractivity contribution in [3.05, 3.63) is 88.5 Å². The molecule has 4 heteroatoms. The van der Waals surface area contributed by atoms with Crippen molar-refractivity contribution in [3.8, 4) is 5.88 Å². The maximum Gasteiger partial charge on any atom is 0.238 e. The summed E-state index contributed by atoms with van der Waals surface area (Å²) in [6.45, 7) is 1.22. The van der Waals surface area contributed by atoms with E-state index in [0.717, 1.165) is 22.4 Å². The minimum atomic E-state index is 0.490. The van der Waals surface area contributed by atoms with E-state index in [-0.39, 0.29) is 0 Å². The van der Waals surface area contributed by atoms with Gasteiger partial charge in [0.1, 0.15) is 11.2 Å². The van der Waals surface area contributed by atoms with Crippen molar-refractivity contribution in [2.45, 2.75) is 13.2 Å². The van der Waals surface area contributed by atoms with Crippen LogP contribution in [0.25, 0.3) is 0 Å². The topological polar surface area (TPSA) is 34.1 Å². The Morgan fingerprint density at radius 1 is 0.826 bits per heavy atom. The zero-order valence-electron chi connectivity index (χ0n) is 12.6. The van der Waals surface area contributed by atoms with Crippen molar-refractivity contribution < 1.29 is 4.74 Å². The van der Waals surface area contributed by atoms with E-state index in [0.29, 0.717) is 12.5 Å². The van der Waals surface area contributed by atoms with Crippen LogP contribution in [0.2, 0.25) is 0 Å². The molecule has 3 rings (SSSR count). The summed E-state index contributed by atoms with van der Waals surface area (Å²) in [4.78, 5) is 4.43. The lowest BCUT2D eigenvalue weighted by Crippen LogP contribution is -2.04. The predicted octanol–water partition coefficient (Wildman–Crippen LogP) is 5.04. The van der Waals surface area contributed by atoms with E-state index in [1.165, 1.54) is 5.56 Å². The number of rotatable bonds is 6. The van der Waals surface area contributed by atoms with Crippen molar-refractivity contribution in [1.29, 1.82) is 0 Å². The molecule has 0 aliphatic heterocycles. The number of benzene rings is 2. The fraction of sp³-hybridized carbons (Fsp3) is 0.105. The molecule has 0 unspecified atom stereocenters. The lowest BCUT2D eigenvalue weighted by molar-refractivity contribution is 0.295. The monoisotopic (exact) mass is 368 g/mol. The van der Waals surface area contributed by atoms with E-state index in [1.807, 2.05) is 60.7 Å². The van der Waals surface area contributed by atoms with E-state index in [9.17, 15) is 0 Å². The highest BCUT2D eigenvalue weighted by Gasteiger charge is 2.07. The highest BCUT2D eigenvalue weighted by Crippen LogP contribution is 2.25. The summed E-state index contributed by atoms with van der Waals surface area (Å²) in [6, 6.07) is 24.2. The molecular formula is C19H17BrN2O. The van der Waals surface area contributed by atoms with Gasteiger partial charge in [-0.2, -0.15) is 0 Å². The Morgan fingerprint density at radius 3 is 2.17 bits per heavy atom. The normalized spacial score (nSPS) is 10.3. The van der Waals surface area contributed by atoms with Gasteiger partial charge in [-0.3, -0.25) is 0 Å². The first-order chi connectivity index (χ1) is 11.3. The third kappa shape index (κ3) is 4.57. The molecule has 0 atom stereocenters. The standard InChI is InChI=1S/C19H17BrN2O/c20-18-12-11-17(21-13-15-7-3-1-4-8-15)19(22-18)23-14-16-9-5-2-6-10-16/h1-12,21H,13-14H2. The Kier molecular flexibility index (Phi) is 5.27. The van der Waals surface area contributed by atoms with Crippen LogP contribution in [0.15, 0.2) is 77.4 Å². The Balaban J connectivity index is 1.70. The van der Waals surface area contributed by atoms with Gasteiger partial charge in [0.05, 0.1) is 5.69 Å². The van der Waals surface area contributed by atoms with Crippen LogP contribution >= 0.6 is 15.9 Å². The number of nitrogens with one attached hydrogen (secondary N) is 1. The number of nitrogens with zero attached hydrogens (tertiary/aromatic N) is 1. The summed E-state index contributed by atoms with van der Waals surface area (Å²) in [5.41, 5.74) is 3.21. The molecule has 0 fully saturated rings. The molecule has 0 aliphatic carbocycles. The third-order valence-electron chi connectivity index (χ3n) is 3.37. The van der Waals surface area contributed by atoms with E-state index in [1.54, 1.807) is 0 Å². The fourth-order valence-corrected chi connectivity index (χ4v) is 2.47. The van der Waals surface area contributed by atoms with Gasteiger partial charge in [0.25, 0.3) is 0 Å². The molecule has 0 spiro atoms. The maximum atomic E-state index is 5.89. The highest BCUT2D eigenvalue weighted by molar-refractivity contribution is 9.10. The van der Waals surface area contributed by atoms with Gasteiger partial charge in [-0.1, -0.05) is 60.7 Å². The average Bonchev–Trinajstić information content (AvgIpc) is 2.61. The predicted molar refractivity (Wildman–Crippen MR) is 96.5 cm³/mol. The summed E-state index contributed by atoms with van der Waals surface area (Å²) in [5.74, 6) is 0.596. The van der Waals surface area contributed by atoms with Gasteiger partial charge in [-0.15, -0.1) is 0 Å². The summed E-state index contributed by atoms with van der Waals surface area (Å²) < 4.78 is 6.64. The maximum absolute atomic E-state index is 5.89. The van der Waals surface area contributed by atoms with Crippen molar-refractivity contribution in [2.24, 2.45) is 0 Å². The number of hydrogen-bond acceptors (Lipinski definition) is 3. The molecule has 23 heavy (non-hydrogen) atoms. The summed E-state index contributed by atoms with van der Waals surface area (Å²) in [6.07, 6.45) is 0. The van der Waals surface area contributed by atoms with Crippen molar-refractivity contribution >= 4 is 21.6 Å². The molecule has 0 amide bonds. The van der Waals surface area contributed by atoms with Gasteiger partial charge >= 0.3 is 0 Å². The number of halogens is 1. The largest absolute Gasteiger partial charge is 0.471 e. The fourth-order valence-electron chi connectivity index (χ4n) is 2.18. The van der Waals surface area contributed by atoms with E-state index < -0.39 is 0 Å². The molecular weight excluding hydrogens is 352 g/mol. The van der Waals surface area contributed by atoms with Crippen molar-refractivity contribution in [1.82, 2.24) is 4.98 Å². The highest BCUT2D eigenvalue weighted by atomic mass is 79.9. The molecule has 0 saturated heterocycles. The number of hydrogen-bond donors (Lipinski definition) is 1. The van der Waals surface area contributed by atoms with E-state index in [2.05, 4.69) is 38.4 Å². The Labute approximate surface area is 144 Å². The van der Waals surface area contributed by atoms with Gasteiger partial charge < -0.3 is 10.1 Å². The number of anilines is 1. The van der Waals surface area contributed by atoms with Crippen molar-refractivity contribution in [2.75, 3.05) is 5.32 Å². The van der Waals surface area contributed by atoms with E-state index >= 15 is 0 Å². The van der Waals surface area contributed by atoms with Crippen LogP contribution in [0, 0.1) is 0 Å². The van der Waals surface area contributed by atoms with Gasteiger partial charge in [0.2, 0.25) is 5.88 Å². The molecule has 1 aromatic heterocycles. The number of aromatic nitrogens is 1. The van der Waals surface area contributed by atoms with Crippen molar-refractivity contribution in [3.63, 3.8) is 0 Å². The molecule has 0 saturated carbocycles. The SMILES string of the molecule is Brc1ccc(NCc2ccccc2)c(OCc2ccccc2)n1. The van der Waals surface area contributed by atoms with Crippen LogP contribution in [0.3, 0.4) is 0 Å². The zero-order valence-corrected chi connectivity index (χ0v) is 14.2.